The van der Waals surface area contributed by atoms with Gasteiger partial charge in [0.1, 0.15) is 5.75 Å². The average Bonchev–Trinajstić information content (AvgIpc) is 2.74. The largest absolute Gasteiger partial charge is 0.494 e. The number of aryl methyl sites for hydroxylation is 1. The first-order chi connectivity index (χ1) is 14.3. The van der Waals surface area contributed by atoms with E-state index in [4.69, 9.17) is 8.92 Å². The molecule has 0 aliphatic heterocycles. The second kappa shape index (κ2) is 11.1. The summed E-state index contributed by atoms with van der Waals surface area (Å²) in [6, 6.07) is 17.3. The van der Waals surface area contributed by atoms with Crippen molar-refractivity contribution in [1.82, 2.24) is 10.6 Å². The summed E-state index contributed by atoms with van der Waals surface area (Å²) < 4.78 is 33.6. The van der Waals surface area contributed by atoms with E-state index >= 15 is 0 Å². The molecule has 2 aromatic rings. The van der Waals surface area contributed by atoms with Gasteiger partial charge >= 0.3 is 0 Å². The number of aliphatic hydroxyl groups excluding tert-OH is 1. The summed E-state index contributed by atoms with van der Waals surface area (Å²) in [5.74, 6) is -0.0901. The molecule has 0 radical (unpaired) electrons. The predicted octanol–water partition coefficient (Wildman–Crippen LogP) is 1.20. The minimum Gasteiger partial charge on any atom is -0.494 e. The van der Waals surface area contributed by atoms with Crippen molar-refractivity contribution in [1.29, 1.82) is 0 Å². The van der Waals surface area contributed by atoms with Crippen LogP contribution in [0.25, 0.3) is 0 Å². The normalized spacial score (nSPS) is 13.4. The number of amides is 1. The minimum atomic E-state index is -4.00. The summed E-state index contributed by atoms with van der Waals surface area (Å²) in [6.45, 7) is -0.181. The highest BCUT2D eigenvalue weighted by Crippen LogP contribution is 2.16. The van der Waals surface area contributed by atoms with Crippen molar-refractivity contribution in [2.24, 2.45) is 0 Å². The number of ether oxygens (including phenoxy) is 1. The van der Waals surface area contributed by atoms with Crippen molar-refractivity contribution < 1.29 is 27.2 Å². The van der Waals surface area contributed by atoms with Gasteiger partial charge in [-0.25, -0.2) is 4.18 Å². The van der Waals surface area contributed by atoms with Crippen LogP contribution in [0, 0.1) is 0 Å². The quantitative estimate of drug-likeness (QED) is 0.260. The van der Waals surface area contributed by atoms with E-state index in [9.17, 15) is 18.3 Å². The Morgan fingerprint density at radius 1 is 1.07 bits per heavy atom. The van der Waals surface area contributed by atoms with Crippen LogP contribution in [0.1, 0.15) is 17.5 Å². The molecule has 3 N–H and O–H groups in total. The minimum absolute atomic E-state index is 0.0950. The molecule has 0 aliphatic carbocycles. The number of nitrogens with one attached hydrogen (secondary N) is 2. The number of hydrogen-bond donors (Lipinski definition) is 3. The summed E-state index contributed by atoms with van der Waals surface area (Å²) in [5.41, 5.74) is -0.0811. The number of hydrogen-bond acceptors (Lipinski definition) is 7. The van der Waals surface area contributed by atoms with E-state index in [0.717, 1.165) is 24.7 Å². The summed E-state index contributed by atoms with van der Waals surface area (Å²) in [6.07, 6.45) is 2.64. The molecule has 0 saturated heterocycles. The Labute approximate surface area is 177 Å². The van der Waals surface area contributed by atoms with Crippen LogP contribution in [0.4, 0.5) is 0 Å². The van der Waals surface area contributed by atoms with Crippen LogP contribution in [0.5, 0.6) is 5.75 Å². The van der Waals surface area contributed by atoms with Crippen molar-refractivity contribution >= 4 is 16.0 Å². The zero-order valence-electron chi connectivity index (χ0n) is 17.1. The van der Waals surface area contributed by atoms with E-state index in [2.05, 4.69) is 22.8 Å². The molecule has 1 amide bonds. The standard InChI is InChI=1S/C21H28N2O6S/c1-22-20(25)21(16-24,29-30(2,26)27)23-15-18-10-12-19(13-11-18)28-14-6-9-17-7-4-3-5-8-17/h3-5,7-8,10-13,23-24H,6,9,14-16H2,1-2H3,(H,22,25). The van der Waals surface area contributed by atoms with Gasteiger partial charge < -0.3 is 15.2 Å². The summed E-state index contributed by atoms with van der Waals surface area (Å²) in [4.78, 5) is 12.1. The van der Waals surface area contributed by atoms with E-state index < -0.39 is 28.4 Å². The zero-order chi connectivity index (χ0) is 22.0. The number of rotatable bonds is 12. The van der Waals surface area contributed by atoms with Gasteiger partial charge in [0, 0.05) is 13.6 Å². The molecular weight excluding hydrogens is 408 g/mol. The SMILES string of the molecule is CNC(=O)C(CO)(NCc1ccc(OCCCc2ccccc2)cc1)OS(C)(=O)=O. The smallest absolute Gasteiger partial charge is 0.271 e. The van der Waals surface area contributed by atoms with E-state index in [0.29, 0.717) is 12.4 Å². The third-order valence-corrected chi connectivity index (χ3v) is 4.92. The molecule has 2 aromatic carbocycles. The van der Waals surface area contributed by atoms with Crippen LogP contribution in [0.2, 0.25) is 0 Å². The molecule has 0 heterocycles. The van der Waals surface area contributed by atoms with E-state index in [-0.39, 0.29) is 6.54 Å². The van der Waals surface area contributed by atoms with Gasteiger partial charge in [-0.3, -0.25) is 10.1 Å². The number of benzene rings is 2. The van der Waals surface area contributed by atoms with Crippen molar-refractivity contribution in [3.8, 4) is 5.75 Å². The molecule has 30 heavy (non-hydrogen) atoms. The summed E-state index contributed by atoms with van der Waals surface area (Å²) in [5, 5.41) is 14.6. The van der Waals surface area contributed by atoms with Gasteiger partial charge in [0.25, 0.3) is 16.0 Å². The molecule has 9 heteroatoms. The molecule has 0 fully saturated rings. The molecule has 1 unspecified atom stereocenters. The van der Waals surface area contributed by atoms with Crippen LogP contribution in [0.3, 0.4) is 0 Å². The summed E-state index contributed by atoms with van der Waals surface area (Å²) in [7, 11) is -2.67. The third kappa shape index (κ3) is 7.42. The van der Waals surface area contributed by atoms with E-state index in [1.807, 2.05) is 18.2 Å². The summed E-state index contributed by atoms with van der Waals surface area (Å²) >= 11 is 0. The first-order valence-electron chi connectivity index (χ1n) is 9.52. The predicted molar refractivity (Wildman–Crippen MR) is 113 cm³/mol. The van der Waals surface area contributed by atoms with Crippen molar-refractivity contribution in [3.05, 3.63) is 65.7 Å². The first kappa shape index (κ1) is 23.8. The molecule has 164 valence electrons. The number of carbonyl (C=O) groups is 1. The highest BCUT2D eigenvalue weighted by Gasteiger charge is 2.41. The van der Waals surface area contributed by atoms with E-state index in [1.165, 1.54) is 12.6 Å². The van der Waals surface area contributed by atoms with Crippen molar-refractivity contribution in [3.63, 3.8) is 0 Å². The molecule has 1 atom stereocenters. The van der Waals surface area contributed by atoms with Gasteiger partial charge in [-0.2, -0.15) is 8.42 Å². The Bertz CT molecular complexity index is 903. The fourth-order valence-electron chi connectivity index (χ4n) is 2.82. The lowest BCUT2D eigenvalue weighted by Gasteiger charge is -2.29. The molecule has 0 aliphatic rings. The molecule has 0 aromatic heterocycles. The maximum absolute atomic E-state index is 12.1. The van der Waals surface area contributed by atoms with Crippen LogP contribution in [-0.4, -0.2) is 51.7 Å². The fourth-order valence-corrected chi connectivity index (χ4v) is 3.53. The Hall–Kier alpha value is -2.46. The van der Waals surface area contributed by atoms with E-state index in [1.54, 1.807) is 24.3 Å². The molecule has 0 saturated carbocycles. The Kier molecular flexibility index (Phi) is 8.79. The number of aliphatic hydroxyl groups is 1. The lowest BCUT2D eigenvalue weighted by Crippen LogP contribution is -2.61. The third-order valence-electron chi connectivity index (χ3n) is 4.33. The van der Waals surface area contributed by atoms with Gasteiger partial charge in [0.15, 0.2) is 0 Å². The van der Waals surface area contributed by atoms with Gasteiger partial charge in [-0.1, -0.05) is 42.5 Å². The number of carbonyl (C=O) groups excluding carboxylic acids is 1. The molecule has 2 rings (SSSR count). The molecule has 0 spiro atoms. The first-order valence-corrected chi connectivity index (χ1v) is 11.3. The van der Waals surface area contributed by atoms with Gasteiger partial charge in [0.05, 0.1) is 19.5 Å². The molecule has 8 nitrogen and oxygen atoms in total. The average molecular weight is 437 g/mol. The Balaban J connectivity index is 1.89. The lowest BCUT2D eigenvalue weighted by atomic mass is 10.1. The second-order valence-electron chi connectivity index (χ2n) is 6.79. The van der Waals surface area contributed by atoms with Crippen LogP contribution < -0.4 is 15.4 Å². The maximum atomic E-state index is 12.1. The second-order valence-corrected chi connectivity index (χ2v) is 8.36. The Morgan fingerprint density at radius 2 is 1.73 bits per heavy atom. The monoisotopic (exact) mass is 436 g/mol. The topological polar surface area (TPSA) is 114 Å². The van der Waals surface area contributed by atoms with Crippen LogP contribution >= 0.6 is 0 Å². The highest BCUT2D eigenvalue weighted by atomic mass is 32.2. The Morgan fingerprint density at radius 3 is 2.30 bits per heavy atom. The molecular formula is C21H28N2O6S. The fraction of sp³-hybridized carbons (Fsp3) is 0.381. The van der Waals surface area contributed by atoms with Gasteiger partial charge in [0.2, 0.25) is 5.72 Å². The highest BCUT2D eigenvalue weighted by molar-refractivity contribution is 7.86. The maximum Gasteiger partial charge on any atom is 0.271 e. The number of likely N-dealkylation sites (N-methyl/N-ethyl adjacent to an activating group) is 1. The van der Waals surface area contributed by atoms with Gasteiger partial charge in [-0.05, 0) is 36.1 Å². The van der Waals surface area contributed by atoms with Crippen molar-refractivity contribution in [2.75, 3.05) is 26.5 Å². The van der Waals surface area contributed by atoms with Gasteiger partial charge in [-0.15, -0.1) is 0 Å². The zero-order valence-corrected chi connectivity index (χ0v) is 17.9. The van der Waals surface area contributed by atoms with Crippen molar-refractivity contribution in [2.45, 2.75) is 25.1 Å². The van der Waals surface area contributed by atoms with Crippen LogP contribution in [0.15, 0.2) is 54.6 Å². The van der Waals surface area contributed by atoms with Crippen LogP contribution in [-0.2, 0) is 32.1 Å². The molecule has 0 bridgehead atoms. The lowest BCUT2D eigenvalue weighted by molar-refractivity contribution is -0.143.